The minimum absolute atomic E-state index is 0.136. The molecule has 158 valence electrons. The number of carbonyl (C=O) groups is 3. The summed E-state index contributed by atoms with van der Waals surface area (Å²) in [5, 5.41) is 6.10. The molecule has 2 N–H and O–H groups in total. The Morgan fingerprint density at radius 1 is 1.17 bits per heavy atom. The molecule has 2 heterocycles. The topological polar surface area (TPSA) is 103 Å². The van der Waals surface area contributed by atoms with Gasteiger partial charge in [-0.1, -0.05) is 18.2 Å². The lowest BCUT2D eigenvalue weighted by Gasteiger charge is -2.36. The predicted octanol–water partition coefficient (Wildman–Crippen LogP) is 1.38. The van der Waals surface area contributed by atoms with Crippen molar-refractivity contribution in [2.24, 2.45) is 5.92 Å². The molecule has 0 saturated carbocycles. The maximum absolute atomic E-state index is 13.5. The first-order valence-corrected chi connectivity index (χ1v) is 9.69. The fourth-order valence-corrected chi connectivity index (χ4v) is 4.56. The molecule has 29 heavy (non-hydrogen) atoms. The van der Waals surface area contributed by atoms with E-state index in [1.165, 1.54) is 7.11 Å². The third-order valence-corrected chi connectivity index (χ3v) is 5.99. The molecule has 1 amide bonds. The highest BCUT2D eigenvalue weighted by molar-refractivity contribution is 6.11. The van der Waals surface area contributed by atoms with Gasteiger partial charge in [0.15, 0.2) is 0 Å². The van der Waals surface area contributed by atoms with Crippen LogP contribution in [0, 0.1) is 5.92 Å². The minimum Gasteiger partial charge on any atom is -0.468 e. The van der Waals surface area contributed by atoms with E-state index in [-0.39, 0.29) is 12.5 Å². The van der Waals surface area contributed by atoms with Crippen LogP contribution in [0.2, 0.25) is 0 Å². The highest BCUT2D eigenvalue weighted by Crippen LogP contribution is 2.52. The van der Waals surface area contributed by atoms with Crippen LogP contribution in [-0.2, 0) is 34.0 Å². The SMILES string of the molecule is CCOC(=O)C1C(C(=O)OC)NC(CC(C)(C)OC)C12C(=O)Nc1ccccc12. The van der Waals surface area contributed by atoms with E-state index in [2.05, 4.69) is 10.6 Å². The second kappa shape index (κ2) is 7.76. The first kappa shape index (κ1) is 21.3. The summed E-state index contributed by atoms with van der Waals surface area (Å²) in [6.07, 6.45) is 0.384. The summed E-state index contributed by atoms with van der Waals surface area (Å²) in [5.74, 6) is -2.64. The van der Waals surface area contributed by atoms with Gasteiger partial charge in [-0.25, -0.2) is 0 Å². The Morgan fingerprint density at radius 3 is 2.48 bits per heavy atom. The van der Waals surface area contributed by atoms with E-state index in [1.54, 1.807) is 20.1 Å². The van der Waals surface area contributed by atoms with E-state index < -0.39 is 41.0 Å². The van der Waals surface area contributed by atoms with E-state index >= 15 is 0 Å². The molecule has 1 aromatic carbocycles. The van der Waals surface area contributed by atoms with Crippen molar-refractivity contribution in [2.45, 2.75) is 50.3 Å². The Hall–Kier alpha value is -2.45. The summed E-state index contributed by atoms with van der Waals surface area (Å²) in [6, 6.07) is 5.65. The van der Waals surface area contributed by atoms with Crippen LogP contribution in [0.15, 0.2) is 24.3 Å². The van der Waals surface area contributed by atoms with Crippen LogP contribution < -0.4 is 10.6 Å². The lowest BCUT2D eigenvalue weighted by Crippen LogP contribution is -2.53. The highest BCUT2D eigenvalue weighted by Gasteiger charge is 2.68. The first-order valence-electron chi connectivity index (χ1n) is 9.69. The van der Waals surface area contributed by atoms with Gasteiger partial charge < -0.3 is 19.5 Å². The third-order valence-electron chi connectivity index (χ3n) is 5.99. The number of nitrogens with one attached hydrogen (secondary N) is 2. The van der Waals surface area contributed by atoms with Gasteiger partial charge in [-0.2, -0.15) is 0 Å². The Bertz CT molecular complexity index is 823. The van der Waals surface area contributed by atoms with Gasteiger partial charge in [0.1, 0.15) is 17.4 Å². The Labute approximate surface area is 170 Å². The number of rotatable bonds is 6. The number of para-hydroxylation sites is 1. The van der Waals surface area contributed by atoms with Crippen molar-refractivity contribution in [3.63, 3.8) is 0 Å². The molecule has 1 aromatic rings. The van der Waals surface area contributed by atoms with Crippen molar-refractivity contribution < 1.29 is 28.6 Å². The molecule has 1 fully saturated rings. The highest BCUT2D eigenvalue weighted by atomic mass is 16.5. The number of anilines is 1. The lowest BCUT2D eigenvalue weighted by molar-refractivity contribution is -0.158. The van der Waals surface area contributed by atoms with Gasteiger partial charge >= 0.3 is 11.9 Å². The zero-order valence-electron chi connectivity index (χ0n) is 17.4. The van der Waals surface area contributed by atoms with E-state index in [4.69, 9.17) is 14.2 Å². The zero-order chi connectivity index (χ0) is 21.4. The molecule has 4 unspecified atom stereocenters. The van der Waals surface area contributed by atoms with Gasteiger partial charge in [0.2, 0.25) is 5.91 Å². The molecule has 0 aromatic heterocycles. The van der Waals surface area contributed by atoms with Gasteiger partial charge in [-0.05, 0) is 38.8 Å². The van der Waals surface area contributed by atoms with Gasteiger partial charge in [0.05, 0.1) is 19.3 Å². The monoisotopic (exact) mass is 404 g/mol. The summed E-state index contributed by atoms with van der Waals surface area (Å²) < 4.78 is 15.8. The summed E-state index contributed by atoms with van der Waals surface area (Å²) in [7, 11) is 2.85. The van der Waals surface area contributed by atoms with Crippen molar-refractivity contribution in [1.29, 1.82) is 0 Å². The molecule has 8 nitrogen and oxygen atoms in total. The molecule has 2 aliphatic rings. The van der Waals surface area contributed by atoms with E-state index in [0.717, 1.165) is 0 Å². The zero-order valence-corrected chi connectivity index (χ0v) is 17.4. The van der Waals surface area contributed by atoms with Crippen LogP contribution in [0.5, 0.6) is 0 Å². The molecule has 2 aliphatic heterocycles. The number of fused-ring (bicyclic) bond motifs is 2. The van der Waals surface area contributed by atoms with Crippen LogP contribution in [0.1, 0.15) is 32.8 Å². The normalized spacial score (nSPS) is 28.2. The molecular formula is C21H28N2O6. The van der Waals surface area contributed by atoms with Crippen LogP contribution in [0.3, 0.4) is 0 Å². The molecule has 8 heteroatoms. The number of esters is 2. The second-order valence-corrected chi connectivity index (χ2v) is 7.99. The van der Waals surface area contributed by atoms with Crippen molar-refractivity contribution in [3.05, 3.63) is 29.8 Å². The van der Waals surface area contributed by atoms with Crippen molar-refractivity contribution in [1.82, 2.24) is 5.32 Å². The summed E-state index contributed by atoms with van der Waals surface area (Å²) in [6.45, 7) is 5.61. The fourth-order valence-electron chi connectivity index (χ4n) is 4.56. The van der Waals surface area contributed by atoms with E-state index in [9.17, 15) is 14.4 Å². The summed E-state index contributed by atoms with van der Waals surface area (Å²) in [4.78, 5) is 39.2. The van der Waals surface area contributed by atoms with Crippen LogP contribution in [-0.4, -0.2) is 56.4 Å². The van der Waals surface area contributed by atoms with E-state index in [0.29, 0.717) is 17.7 Å². The summed E-state index contributed by atoms with van der Waals surface area (Å²) >= 11 is 0. The van der Waals surface area contributed by atoms with Gasteiger partial charge in [-0.15, -0.1) is 0 Å². The van der Waals surface area contributed by atoms with E-state index in [1.807, 2.05) is 32.0 Å². The average Bonchev–Trinajstić information content (AvgIpc) is 3.18. The second-order valence-electron chi connectivity index (χ2n) is 7.99. The summed E-state index contributed by atoms with van der Waals surface area (Å²) in [5.41, 5.74) is -0.636. The van der Waals surface area contributed by atoms with Crippen LogP contribution in [0.25, 0.3) is 0 Å². The Balaban J connectivity index is 2.23. The number of hydrogen-bond donors (Lipinski definition) is 2. The van der Waals surface area contributed by atoms with Crippen molar-refractivity contribution >= 4 is 23.5 Å². The standard InChI is InChI=1S/C21H28N2O6/c1-6-29-17(24)15-16(18(25)27-4)23-14(11-20(2,3)28-5)21(15)12-9-7-8-10-13(12)22-19(21)26/h7-10,14-16,23H,6,11H2,1-5H3,(H,22,26). The Kier molecular flexibility index (Phi) is 5.69. The number of benzene rings is 1. The quantitative estimate of drug-likeness (QED) is 0.691. The number of carbonyl (C=O) groups excluding carboxylic acids is 3. The van der Waals surface area contributed by atoms with Crippen molar-refractivity contribution in [2.75, 3.05) is 26.1 Å². The number of amides is 1. The molecule has 4 atom stereocenters. The Morgan fingerprint density at radius 2 is 1.86 bits per heavy atom. The molecular weight excluding hydrogens is 376 g/mol. The third kappa shape index (κ3) is 3.30. The molecule has 3 rings (SSSR count). The number of ether oxygens (including phenoxy) is 3. The molecule has 0 aliphatic carbocycles. The van der Waals surface area contributed by atoms with Gasteiger partial charge in [0, 0.05) is 18.8 Å². The van der Waals surface area contributed by atoms with Crippen molar-refractivity contribution in [3.8, 4) is 0 Å². The number of methoxy groups -OCH3 is 2. The smallest absolute Gasteiger partial charge is 0.323 e. The molecule has 1 spiro atoms. The van der Waals surface area contributed by atoms with Gasteiger partial charge in [-0.3, -0.25) is 19.7 Å². The largest absolute Gasteiger partial charge is 0.468 e. The average molecular weight is 404 g/mol. The minimum atomic E-state index is -1.32. The first-order chi connectivity index (χ1) is 13.7. The predicted molar refractivity (Wildman–Crippen MR) is 105 cm³/mol. The van der Waals surface area contributed by atoms with Gasteiger partial charge in [0.25, 0.3) is 0 Å². The maximum Gasteiger partial charge on any atom is 0.323 e. The van der Waals surface area contributed by atoms with Crippen LogP contribution >= 0.6 is 0 Å². The number of hydrogen-bond acceptors (Lipinski definition) is 7. The molecule has 1 saturated heterocycles. The lowest BCUT2D eigenvalue weighted by atomic mass is 9.65. The fraction of sp³-hybridized carbons (Fsp3) is 0.571. The van der Waals surface area contributed by atoms with Crippen LogP contribution in [0.4, 0.5) is 5.69 Å². The molecule has 0 radical (unpaired) electrons. The maximum atomic E-state index is 13.5. The molecule has 0 bridgehead atoms.